The molecule has 0 aliphatic heterocycles. The summed E-state index contributed by atoms with van der Waals surface area (Å²) in [4.78, 5) is 11.1. The summed E-state index contributed by atoms with van der Waals surface area (Å²) in [5.41, 5.74) is 30.2. The van der Waals surface area contributed by atoms with E-state index in [1.165, 1.54) is 93.7 Å². The van der Waals surface area contributed by atoms with Gasteiger partial charge >= 0.3 is 0 Å². The number of fused-ring (bicyclic) bond motifs is 15. The van der Waals surface area contributed by atoms with E-state index in [4.69, 9.17) is 9.97 Å². The van der Waals surface area contributed by atoms with Crippen LogP contribution < -0.4 is 0 Å². The molecule has 4 aromatic heterocycles. The molecule has 0 bridgehead atoms. The van der Waals surface area contributed by atoms with Gasteiger partial charge in [0.05, 0.1) is 44.5 Å². The Morgan fingerprint density at radius 3 is 1.09 bits per heavy atom. The Hall–Kier alpha value is -11.7. The molecule has 5 heteroatoms. The van der Waals surface area contributed by atoms with Crippen LogP contribution in [0.3, 0.4) is 0 Å². The average molecular weight is 1190 g/mol. The molecule has 0 radical (unpaired) electrons. The van der Waals surface area contributed by atoms with Crippen LogP contribution in [0.4, 0.5) is 0 Å². The minimum atomic E-state index is -0.134. The van der Waals surface area contributed by atoms with Crippen molar-refractivity contribution in [3.63, 3.8) is 0 Å². The zero-order chi connectivity index (χ0) is 61.8. The lowest BCUT2D eigenvalue weighted by molar-refractivity contribution is 0.660. The van der Waals surface area contributed by atoms with E-state index in [0.29, 0.717) is 5.95 Å². The van der Waals surface area contributed by atoms with Crippen LogP contribution in [-0.2, 0) is 10.8 Å². The van der Waals surface area contributed by atoms with Gasteiger partial charge in [-0.05, 0) is 157 Å². The van der Waals surface area contributed by atoms with Gasteiger partial charge in [-0.15, -0.1) is 0 Å². The lowest BCUT2D eigenvalue weighted by atomic mass is 9.82. The Morgan fingerprint density at radius 1 is 0.226 bits per heavy atom. The molecule has 0 amide bonds. The highest BCUT2D eigenvalue weighted by molar-refractivity contribution is 6.14. The van der Waals surface area contributed by atoms with Crippen molar-refractivity contribution in [2.75, 3.05) is 0 Å². The van der Waals surface area contributed by atoms with E-state index in [-0.39, 0.29) is 10.8 Å². The van der Waals surface area contributed by atoms with Gasteiger partial charge in [0.2, 0.25) is 5.95 Å². The molecule has 438 valence electrons. The minimum Gasteiger partial charge on any atom is -0.309 e. The number of hydrogen-bond donors (Lipinski definition) is 0. The zero-order valence-corrected chi connectivity index (χ0v) is 52.0. The third kappa shape index (κ3) is 7.99. The van der Waals surface area contributed by atoms with E-state index in [1.807, 2.05) is 0 Å². The number of nitrogens with zero attached hydrogens (tertiary/aromatic N) is 5. The molecule has 0 atom stereocenters. The molecule has 4 heterocycles. The van der Waals surface area contributed by atoms with Crippen molar-refractivity contribution in [2.45, 2.75) is 38.5 Å². The topological polar surface area (TPSA) is 40.6 Å². The summed E-state index contributed by atoms with van der Waals surface area (Å²) < 4.78 is 7.25. The lowest BCUT2D eigenvalue weighted by Crippen LogP contribution is -2.15. The van der Waals surface area contributed by atoms with Crippen LogP contribution in [0, 0.1) is 0 Å². The summed E-state index contributed by atoms with van der Waals surface area (Å²) in [6, 6.07) is 110. The van der Waals surface area contributed by atoms with Gasteiger partial charge in [-0.2, -0.15) is 0 Å². The second-order valence-corrected chi connectivity index (χ2v) is 26.5. The Balaban J connectivity index is 0.808. The number of aromatic nitrogens is 5. The van der Waals surface area contributed by atoms with E-state index in [9.17, 15) is 0 Å². The standard InChI is InChI=1S/C88H61N5/c1-87(2)74-27-15-11-23-64(74)66-43-39-62(51-76(66)87)91-80-29-17-13-25-68(80)70-41-35-60(49-84(70)91)58-37-45-82-72(47-58)73-48-59(38-46-83(73)93(82)86-89-78(56-21-9-6-10-22-56)53-79(90-86)57-33-31-55(32-34-57)54-19-7-5-8-20-54)61-36-42-71-69-26-14-18-30-81(69)92(85(71)50-61)63-40-44-67-65-24-12-16-28-75(65)88(3,4)77(67)52-63/h5-53H,1-4H3. The first-order valence-corrected chi connectivity index (χ1v) is 32.4. The van der Waals surface area contributed by atoms with Crippen molar-refractivity contribution in [2.24, 2.45) is 0 Å². The Kier molecular flexibility index (Phi) is 11.4. The lowest BCUT2D eigenvalue weighted by Gasteiger charge is -2.22. The maximum absolute atomic E-state index is 5.55. The maximum Gasteiger partial charge on any atom is 0.235 e. The summed E-state index contributed by atoms with van der Waals surface area (Å²) in [6.07, 6.45) is 0. The van der Waals surface area contributed by atoms with Gasteiger partial charge < -0.3 is 9.13 Å². The number of rotatable bonds is 8. The van der Waals surface area contributed by atoms with Crippen LogP contribution in [0.2, 0.25) is 0 Å². The van der Waals surface area contributed by atoms with E-state index in [1.54, 1.807) is 0 Å². The normalized spacial score (nSPS) is 13.5. The first-order valence-electron chi connectivity index (χ1n) is 32.4. The van der Waals surface area contributed by atoms with E-state index < -0.39 is 0 Å². The van der Waals surface area contributed by atoms with Crippen LogP contribution in [0.25, 0.3) is 161 Å². The minimum absolute atomic E-state index is 0.134. The fourth-order valence-corrected chi connectivity index (χ4v) is 16.0. The molecule has 13 aromatic carbocycles. The molecule has 5 nitrogen and oxygen atoms in total. The first-order chi connectivity index (χ1) is 45.6. The van der Waals surface area contributed by atoms with Gasteiger partial charge in [-0.25, -0.2) is 9.97 Å². The van der Waals surface area contributed by atoms with Gasteiger partial charge in [0.25, 0.3) is 0 Å². The Bertz CT molecular complexity index is 5690. The molecule has 93 heavy (non-hydrogen) atoms. The monoisotopic (exact) mass is 1190 g/mol. The van der Waals surface area contributed by atoms with Crippen LogP contribution >= 0.6 is 0 Å². The maximum atomic E-state index is 5.55. The summed E-state index contributed by atoms with van der Waals surface area (Å²) >= 11 is 0. The summed E-state index contributed by atoms with van der Waals surface area (Å²) in [7, 11) is 0. The molecule has 0 saturated carbocycles. The molecular weight excluding hydrogens is 1130 g/mol. The number of para-hydroxylation sites is 2. The molecule has 0 unspecified atom stereocenters. The highest BCUT2D eigenvalue weighted by Crippen LogP contribution is 2.52. The van der Waals surface area contributed by atoms with Crippen molar-refractivity contribution in [3.8, 4) is 95.5 Å². The van der Waals surface area contributed by atoms with Crippen molar-refractivity contribution in [3.05, 3.63) is 320 Å². The summed E-state index contributed by atoms with van der Waals surface area (Å²) in [5, 5.41) is 7.15. The van der Waals surface area contributed by atoms with Gasteiger partial charge in [-0.1, -0.05) is 246 Å². The second kappa shape index (κ2) is 19.9. The largest absolute Gasteiger partial charge is 0.309 e. The Morgan fingerprint density at radius 2 is 0.581 bits per heavy atom. The van der Waals surface area contributed by atoms with Gasteiger partial charge in [-0.3, -0.25) is 4.57 Å². The van der Waals surface area contributed by atoms with Crippen LogP contribution in [-0.4, -0.2) is 23.7 Å². The van der Waals surface area contributed by atoms with E-state index >= 15 is 0 Å². The molecular formula is C88H61N5. The number of benzene rings is 13. The molecule has 0 N–H and O–H groups in total. The molecule has 17 aromatic rings. The fourth-order valence-electron chi connectivity index (χ4n) is 16.0. The van der Waals surface area contributed by atoms with E-state index in [0.717, 1.165) is 83.5 Å². The molecule has 0 saturated heterocycles. The van der Waals surface area contributed by atoms with Gasteiger partial charge in [0.1, 0.15) is 0 Å². The number of hydrogen-bond acceptors (Lipinski definition) is 2. The predicted molar refractivity (Wildman–Crippen MR) is 387 cm³/mol. The van der Waals surface area contributed by atoms with Crippen LogP contribution in [0.5, 0.6) is 0 Å². The Labute approximate surface area is 539 Å². The third-order valence-corrected chi connectivity index (χ3v) is 20.7. The van der Waals surface area contributed by atoms with E-state index in [2.05, 4.69) is 339 Å². The SMILES string of the molecule is CC1(C)c2ccccc2-c2ccc(-n3c4ccccc4c4ccc(-c5ccc6c(c5)c5cc(-c7ccc8c9ccccc9n(-c9ccc%10c(c9)C(C)(C)c9ccccc9-%10)c8c7)ccc5n6-c5nc(-c6ccccc6)cc(-c6ccc(-c7ccccc7)cc6)n5)cc43)cc21. The van der Waals surface area contributed by atoms with Gasteiger partial charge in [0.15, 0.2) is 0 Å². The molecule has 19 rings (SSSR count). The van der Waals surface area contributed by atoms with Crippen molar-refractivity contribution >= 4 is 65.4 Å². The van der Waals surface area contributed by atoms with Gasteiger partial charge in [0, 0.05) is 65.6 Å². The molecule has 2 aliphatic rings. The van der Waals surface area contributed by atoms with Crippen molar-refractivity contribution in [1.82, 2.24) is 23.7 Å². The first kappa shape index (κ1) is 53.2. The smallest absolute Gasteiger partial charge is 0.235 e. The average Bonchev–Trinajstić information content (AvgIpc) is 1.60. The van der Waals surface area contributed by atoms with Crippen molar-refractivity contribution < 1.29 is 0 Å². The third-order valence-electron chi connectivity index (χ3n) is 20.7. The highest BCUT2D eigenvalue weighted by atomic mass is 15.2. The van der Waals surface area contributed by atoms with Crippen molar-refractivity contribution in [1.29, 1.82) is 0 Å². The quantitative estimate of drug-likeness (QED) is 0.152. The molecule has 0 spiro atoms. The fraction of sp³-hybridized carbons (Fsp3) is 0.0682. The molecule has 2 aliphatic carbocycles. The zero-order valence-electron chi connectivity index (χ0n) is 52.0. The predicted octanol–water partition coefficient (Wildman–Crippen LogP) is 22.7. The van der Waals surface area contributed by atoms with Crippen LogP contribution in [0.15, 0.2) is 297 Å². The summed E-state index contributed by atoms with van der Waals surface area (Å²) in [5.74, 6) is 0.608. The second-order valence-electron chi connectivity index (χ2n) is 26.5. The highest BCUT2D eigenvalue weighted by Gasteiger charge is 2.37. The van der Waals surface area contributed by atoms with Crippen LogP contribution in [0.1, 0.15) is 49.9 Å². The summed E-state index contributed by atoms with van der Waals surface area (Å²) in [6.45, 7) is 9.47. The molecule has 0 fully saturated rings.